The maximum absolute atomic E-state index is 8.98. The van der Waals surface area contributed by atoms with Crippen molar-refractivity contribution < 1.29 is 4.74 Å². The minimum absolute atomic E-state index is 0.502. The van der Waals surface area contributed by atoms with Crippen molar-refractivity contribution in [2.24, 2.45) is 5.92 Å². The van der Waals surface area contributed by atoms with E-state index in [9.17, 15) is 0 Å². The van der Waals surface area contributed by atoms with Gasteiger partial charge < -0.3 is 15.4 Å². The fraction of sp³-hybridized carbons (Fsp3) is 0.588. The number of hydrogen-bond donors (Lipinski definition) is 2. The van der Waals surface area contributed by atoms with Crippen LogP contribution in [0, 0.1) is 17.2 Å². The van der Waals surface area contributed by atoms with Crippen molar-refractivity contribution in [3.05, 3.63) is 23.8 Å². The fourth-order valence-electron chi connectivity index (χ4n) is 3.81. The lowest BCUT2D eigenvalue weighted by Gasteiger charge is -2.28. The molecule has 0 radical (unpaired) electrons. The second kappa shape index (κ2) is 6.36. The smallest absolute Gasteiger partial charge is 0.143 e. The molecule has 1 aromatic rings. The van der Waals surface area contributed by atoms with Gasteiger partial charge in [-0.2, -0.15) is 5.26 Å². The molecule has 112 valence electrons. The highest BCUT2D eigenvalue weighted by molar-refractivity contribution is 5.60. The van der Waals surface area contributed by atoms with Gasteiger partial charge in [0, 0.05) is 18.2 Å². The van der Waals surface area contributed by atoms with Crippen LogP contribution in [0.5, 0.6) is 5.75 Å². The molecule has 3 unspecified atom stereocenters. The molecule has 2 N–H and O–H groups in total. The summed E-state index contributed by atoms with van der Waals surface area (Å²) in [6.45, 7) is 1.16. The van der Waals surface area contributed by atoms with Crippen LogP contribution < -0.4 is 15.4 Å². The predicted octanol–water partition coefficient (Wildman–Crippen LogP) is 2.90. The number of nitriles is 1. The molecule has 3 rings (SSSR count). The third-order valence-electron chi connectivity index (χ3n) is 4.86. The molecule has 0 bridgehead atoms. The maximum Gasteiger partial charge on any atom is 0.143 e. The highest BCUT2D eigenvalue weighted by Gasteiger charge is 2.35. The Kier molecular flexibility index (Phi) is 4.31. The van der Waals surface area contributed by atoms with Crippen LogP contribution in [-0.2, 0) is 0 Å². The van der Waals surface area contributed by atoms with Crippen molar-refractivity contribution in [1.29, 1.82) is 5.26 Å². The van der Waals surface area contributed by atoms with E-state index < -0.39 is 0 Å². The zero-order chi connectivity index (χ0) is 14.7. The van der Waals surface area contributed by atoms with Crippen molar-refractivity contribution in [1.82, 2.24) is 5.32 Å². The second-order valence-corrected chi connectivity index (χ2v) is 6.08. The predicted molar refractivity (Wildman–Crippen MR) is 83.5 cm³/mol. The average Bonchev–Trinajstić information content (AvgIpc) is 3.18. The van der Waals surface area contributed by atoms with Crippen LogP contribution in [0.25, 0.3) is 0 Å². The van der Waals surface area contributed by atoms with E-state index >= 15 is 0 Å². The summed E-state index contributed by atoms with van der Waals surface area (Å²) in [5, 5.41) is 16.3. The molecule has 0 aromatic heterocycles. The molecule has 1 aliphatic carbocycles. The van der Waals surface area contributed by atoms with Crippen LogP contribution in [0.3, 0.4) is 0 Å². The van der Waals surface area contributed by atoms with Gasteiger partial charge in [0.2, 0.25) is 0 Å². The molecular formula is C17H23N3O. The lowest BCUT2D eigenvalue weighted by Crippen LogP contribution is -2.38. The van der Waals surface area contributed by atoms with E-state index in [4.69, 9.17) is 10.00 Å². The zero-order valence-corrected chi connectivity index (χ0v) is 12.6. The minimum Gasteiger partial charge on any atom is -0.495 e. The molecule has 4 heteroatoms. The Bertz CT molecular complexity index is 531. The summed E-state index contributed by atoms with van der Waals surface area (Å²) in [6.07, 6.45) is 6.40. The van der Waals surface area contributed by atoms with Crippen LogP contribution in [0.15, 0.2) is 18.2 Å². The van der Waals surface area contributed by atoms with Gasteiger partial charge in [0.25, 0.3) is 0 Å². The van der Waals surface area contributed by atoms with Gasteiger partial charge in [0.05, 0.1) is 24.4 Å². The normalized spacial score (nSPS) is 28.3. The number of benzene rings is 1. The number of nitrogens with zero attached hydrogens (tertiary/aromatic N) is 1. The SMILES string of the molecule is COc1cc(C#N)ccc1NC1CCCC1C1CCCN1. The zero-order valence-electron chi connectivity index (χ0n) is 12.6. The summed E-state index contributed by atoms with van der Waals surface area (Å²) in [6, 6.07) is 8.94. The Morgan fingerprint density at radius 2 is 2.19 bits per heavy atom. The molecule has 1 saturated heterocycles. The van der Waals surface area contributed by atoms with Gasteiger partial charge >= 0.3 is 0 Å². The highest BCUT2D eigenvalue weighted by atomic mass is 16.5. The first-order valence-electron chi connectivity index (χ1n) is 7.90. The van der Waals surface area contributed by atoms with Gasteiger partial charge in [-0.1, -0.05) is 6.42 Å². The van der Waals surface area contributed by atoms with E-state index in [-0.39, 0.29) is 0 Å². The minimum atomic E-state index is 0.502. The van der Waals surface area contributed by atoms with Crippen molar-refractivity contribution in [3.63, 3.8) is 0 Å². The molecule has 1 aliphatic heterocycles. The highest BCUT2D eigenvalue weighted by Crippen LogP contribution is 2.36. The van der Waals surface area contributed by atoms with Gasteiger partial charge in [0.1, 0.15) is 5.75 Å². The third-order valence-corrected chi connectivity index (χ3v) is 4.86. The monoisotopic (exact) mass is 285 g/mol. The van der Waals surface area contributed by atoms with Crippen molar-refractivity contribution in [3.8, 4) is 11.8 Å². The van der Waals surface area contributed by atoms with Gasteiger partial charge in [0.15, 0.2) is 0 Å². The van der Waals surface area contributed by atoms with Gasteiger partial charge in [-0.15, -0.1) is 0 Å². The van der Waals surface area contributed by atoms with E-state index in [2.05, 4.69) is 16.7 Å². The van der Waals surface area contributed by atoms with Gasteiger partial charge in [-0.25, -0.2) is 0 Å². The standard InChI is InChI=1S/C17H23N3O/c1-21-17-10-12(11-18)7-8-16(17)20-15-5-2-4-13(15)14-6-3-9-19-14/h7-8,10,13-15,19-20H,2-6,9H2,1H3. The molecule has 1 saturated carbocycles. The fourth-order valence-corrected chi connectivity index (χ4v) is 3.81. The average molecular weight is 285 g/mol. The Balaban J connectivity index is 1.74. The third kappa shape index (κ3) is 2.98. The van der Waals surface area contributed by atoms with Gasteiger partial charge in [-0.3, -0.25) is 0 Å². The van der Waals surface area contributed by atoms with Gasteiger partial charge in [-0.05, 0) is 50.3 Å². The van der Waals surface area contributed by atoms with E-state index in [0.717, 1.165) is 18.0 Å². The van der Waals surface area contributed by atoms with Crippen molar-refractivity contribution in [2.75, 3.05) is 19.0 Å². The molecule has 1 heterocycles. The molecule has 1 aromatic carbocycles. The van der Waals surface area contributed by atoms with Crippen LogP contribution >= 0.6 is 0 Å². The Hall–Kier alpha value is -1.73. The quantitative estimate of drug-likeness (QED) is 0.893. The summed E-state index contributed by atoms with van der Waals surface area (Å²) >= 11 is 0. The van der Waals surface area contributed by atoms with E-state index in [0.29, 0.717) is 23.6 Å². The van der Waals surface area contributed by atoms with Crippen LogP contribution in [0.2, 0.25) is 0 Å². The number of nitrogens with one attached hydrogen (secondary N) is 2. The molecule has 0 amide bonds. The van der Waals surface area contributed by atoms with Crippen molar-refractivity contribution >= 4 is 5.69 Å². The second-order valence-electron chi connectivity index (χ2n) is 6.08. The summed E-state index contributed by atoms with van der Waals surface area (Å²) in [4.78, 5) is 0. The summed E-state index contributed by atoms with van der Waals surface area (Å²) < 4.78 is 5.43. The number of rotatable bonds is 4. The molecule has 21 heavy (non-hydrogen) atoms. The lowest BCUT2D eigenvalue weighted by atomic mass is 9.93. The summed E-state index contributed by atoms with van der Waals surface area (Å²) in [7, 11) is 1.66. The molecule has 3 atom stereocenters. The Morgan fingerprint density at radius 1 is 1.29 bits per heavy atom. The van der Waals surface area contributed by atoms with Crippen LogP contribution in [0.1, 0.15) is 37.7 Å². The largest absolute Gasteiger partial charge is 0.495 e. The summed E-state index contributed by atoms with van der Waals surface area (Å²) in [5.74, 6) is 1.46. The number of hydrogen-bond acceptors (Lipinski definition) is 4. The van der Waals surface area contributed by atoms with E-state index in [1.54, 1.807) is 13.2 Å². The van der Waals surface area contributed by atoms with Crippen LogP contribution in [0.4, 0.5) is 5.69 Å². The Labute approximate surface area is 126 Å². The first-order chi connectivity index (χ1) is 10.3. The van der Waals surface area contributed by atoms with E-state index in [1.807, 2.05) is 12.1 Å². The molecule has 2 fully saturated rings. The first kappa shape index (κ1) is 14.2. The van der Waals surface area contributed by atoms with Crippen molar-refractivity contribution in [2.45, 2.75) is 44.2 Å². The number of ether oxygens (including phenoxy) is 1. The molecule has 4 nitrogen and oxygen atoms in total. The molecular weight excluding hydrogens is 262 g/mol. The topological polar surface area (TPSA) is 57.1 Å². The summed E-state index contributed by atoms with van der Waals surface area (Å²) in [5.41, 5.74) is 1.64. The number of anilines is 1. The Morgan fingerprint density at radius 3 is 2.90 bits per heavy atom. The lowest BCUT2D eigenvalue weighted by molar-refractivity contribution is 0.373. The maximum atomic E-state index is 8.98. The molecule has 2 aliphatic rings. The van der Waals surface area contributed by atoms with Crippen LogP contribution in [-0.4, -0.2) is 25.7 Å². The first-order valence-corrected chi connectivity index (χ1v) is 7.90. The number of methoxy groups -OCH3 is 1. The molecule has 0 spiro atoms. The van der Waals surface area contributed by atoms with E-state index in [1.165, 1.54) is 32.1 Å².